The first kappa shape index (κ1) is 16.0. The summed E-state index contributed by atoms with van der Waals surface area (Å²) < 4.78 is 0. The topological polar surface area (TPSA) is 52.7 Å². The highest BCUT2D eigenvalue weighted by Crippen LogP contribution is 2.15. The zero-order chi connectivity index (χ0) is 14.6. The number of nitrogens with zero attached hydrogens (tertiary/aromatic N) is 2. The Morgan fingerprint density at radius 2 is 1.95 bits per heavy atom. The zero-order valence-electron chi connectivity index (χ0n) is 12.8. The Hall–Kier alpha value is -1.10. The largest absolute Gasteiger partial charge is 0.343 e. The predicted octanol–water partition coefficient (Wildman–Crippen LogP) is 0.700. The number of piperazine rings is 1. The summed E-state index contributed by atoms with van der Waals surface area (Å²) >= 11 is 0. The summed E-state index contributed by atoms with van der Waals surface area (Å²) in [7, 11) is 4.03. The highest BCUT2D eigenvalue weighted by Gasteiger charge is 2.35. The molecule has 0 aliphatic carbocycles. The Bertz CT molecular complexity index is 329. The molecule has 0 radical (unpaired) electrons. The molecule has 1 aliphatic heterocycles. The molecule has 2 amide bonds. The molecule has 1 rings (SSSR count). The third-order valence-corrected chi connectivity index (χ3v) is 3.46. The molecule has 1 heterocycles. The molecule has 1 saturated heterocycles. The minimum atomic E-state index is -0.344. The molecule has 0 aromatic rings. The summed E-state index contributed by atoms with van der Waals surface area (Å²) in [5, 5.41) is 2.81. The maximum Gasteiger partial charge on any atom is 0.245 e. The molecule has 1 fully saturated rings. The molecule has 5 heteroatoms. The summed E-state index contributed by atoms with van der Waals surface area (Å²) in [6, 6.07) is -0.237. The summed E-state index contributed by atoms with van der Waals surface area (Å²) in [5.41, 5.74) is 0. The first-order valence-electron chi connectivity index (χ1n) is 7.05. The van der Waals surface area contributed by atoms with Gasteiger partial charge in [-0.05, 0) is 46.3 Å². The lowest BCUT2D eigenvalue weighted by Gasteiger charge is -2.37. The fraction of sp³-hybridized carbons (Fsp3) is 0.857. The fourth-order valence-electron chi connectivity index (χ4n) is 2.34. The maximum atomic E-state index is 12.4. The van der Waals surface area contributed by atoms with Gasteiger partial charge in [0.2, 0.25) is 11.8 Å². The molecule has 0 aromatic heterocycles. The number of carbonyl (C=O) groups is 2. The van der Waals surface area contributed by atoms with Crippen molar-refractivity contribution in [2.45, 2.75) is 45.7 Å². The predicted molar refractivity (Wildman–Crippen MR) is 75.7 cm³/mol. The molecule has 5 nitrogen and oxygen atoms in total. The van der Waals surface area contributed by atoms with Crippen molar-refractivity contribution in [1.29, 1.82) is 0 Å². The molecule has 0 saturated carbocycles. The van der Waals surface area contributed by atoms with E-state index in [0.29, 0.717) is 12.3 Å². The van der Waals surface area contributed by atoms with Gasteiger partial charge in [0.1, 0.15) is 6.04 Å². The van der Waals surface area contributed by atoms with Crippen molar-refractivity contribution in [3.63, 3.8) is 0 Å². The molecule has 2 unspecified atom stereocenters. The number of rotatable bonds is 6. The van der Waals surface area contributed by atoms with E-state index in [9.17, 15) is 9.59 Å². The molecule has 0 bridgehead atoms. The van der Waals surface area contributed by atoms with Crippen LogP contribution in [-0.4, -0.2) is 60.9 Å². The van der Waals surface area contributed by atoms with E-state index in [2.05, 4.69) is 24.1 Å². The van der Waals surface area contributed by atoms with Gasteiger partial charge in [0.05, 0.1) is 6.54 Å². The molecular formula is C14H27N3O2. The smallest absolute Gasteiger partial charge is 0.245 e. The second-order valence-electron chi connectivity index (χ2n) is 6.16. The van der Waals surface area contributed by atoms with Crippen LogP contribution in [-0.2, 0) is 9.59 Å². The third kappa shape index (κ3) is 4.82. The molecule has 1 aliphatic rings. The van der Waals surface area contributed by atoms with Crippen LogP contribution in [0.15, 0.2) is 0 Å². The van der Waals surface area contributed by atoms with Gasteiger partial charge in [0.15, 0.2) is 0 Å². The van der Waals surface area contributed by atoms with Crippen molar-refractivity contribution in [2.75, 3.05) is 27.2 Å². The monoisotopic (exact) mass is 269 g/mol. The number of nitrogens with one attached hydrogen (secondary N) is 1. The zero-order valence-corrected chi connectivity index (χ0v) is 12.8. The van der Waals surface area contributed by atoms with E-state index in [1.807, 2.05) is 21.0 Å². The van der Waals surface area contributed by atoms with Crippen molar-refractivity contribution in [3.05, 3.63) is 0 Å². The minimum absolute atomic E-state index is 0.0399. The van der Waals surface area contributed by atoms with Gasteiger partial charge in [0, 0.05) is 6.04 Å². The number of hydrogen-bond acceptors (Lipinski definition) is 3. The lowest BCUT2D eigenvalue weighted by atomic mass is 9.99. The Labute approximate surface area is 116 Å². The maximum absolute atomic E-state index is 12.4. The average Bonchev–Trinajstić information content (AvgIpc) is 2.29. The summed E-state index contributed by atoms with van der Waals surface area (Å²) in [4.78, 5) is 28.0. The van der Waals surface area contributed by atoms with Gasteiger partial charge in [-0.2, -0.15) is 0 Å². The SMILES string of the molecule is CC(C)CC1NC(=O)CN(C(C)CCN(C)C)C1=O. The van der Waals surface area contributed by atoms with Gasteiger partial charge >= 0.3 is 0 Å². The van der Waals surface area contributed by atoms with E-state index in [0.717, 1.165) is 13.0 Å². The number of amides is 2. The summed E-state index contributed by atoms with van der Waals surface area (Å²) in [6.45, 7) is 7.26. The Morgan fingerprint density at radius 3 is 2.47 bits per heavy atom. The van der Waals surface area contributed by atoms with Crippen LogP contribution >= 0.6 is 0 Å². The fourth-order valence-corrected chi connectivity index (χ4v) is 2.34. The first-order valence-corrected chi connectivity index (χ1v) is 7.05. The highest BCUT2D eigenvalue weighted by atomic mass is 16.2. The standard InChI is InChI=1S/C14H27N3O2/c1-10(2)8-12-14(19)17(9-13(18)15-12)11(3)6-7-16(4)5/h10-12H,6-9H2,1-5H3,(H,15,18). The number of hydrogen-bond donors (Lipinski definition) is 1. The van der Waals surface area contributed by atoms with Crippen molar-refractivity contribution in [1.82, 2.24) is 15.1 Å². The van der Waals surface area contributed by atoms with Crippen molar-refractivity contribution in [3.8, 4) is 0 Å². The van der Waals surface area contributed by atoms with Gasteiger partial charge in [-0.3, -0.25) is 9.59 Å². The minimum Gasteiger partial charge on any atom is -0.343 e. The van der Waals surface area contributed by atoms with Gasteiger partial charge < -0.3 is 15.1 Å². The van der Waals surface area contributed by atoms with E-state index < -0.39 is 0 Å². The third-order valence-electron chi connectivity index (χ3n) is 3.46. The normalized spacial score (nSPS) is 22.1. The van der Waals surface area contributed by atoms with Crippen LogP contribution in [0.25, 0.3) is 0 Å². The van der Waals surface area contributed by atoms with Crippen LogP contribution in [0.2, 0.25) is 0 Å². The molecule has 0 aromatic carbocycles. The van der Waals surface area contributed by atoms with Crippen LogP contribution in [0.4, 0.5) is 0 Å². The van der Waals surface area contributed by atoms with Gasteiger partial charge in [0.25, 0.3) is 0 Å². The summed E-state index contributed by atoms with van der Waals surface area (Å²) in [6.07, 6.45) is 1.60. The van der Waals surface area contributed by atoms with Crippen LogP contribution < -0.4 is 5.32 Å². The number of carbonyl (C=O) groups excluding carboxylic acids is 2. The van der Waals surface area contributed by atoms with E-state index in [1.165, 1.54) is 0 Å². The van der Waals surface area contributed by atoms with Crippen molar-refractivity contribution < 1.29 is 9.59 Å². The van der Waals surface area contributed by atoms with Crippen LogP contribution in [0.1, 0.15) is 33.6 Å². The average molecular weight is 269 g/mol. The van der Waals surface area contributed by atoms with Crippen molar-refractivity contribution in [2.24, 2.45) is 5.92 Å². The molecule has 1 N–H and O–H groups in total. The van der Waals surface area contributed by atoms with Crippen LogP contribution in [0.3, 0.4) is 0 Å². The molecule has 110 valence electrons. The van der Waals surface area contributed by atoms with Crippen LogP contribution in [0.5, 0.6) is 0 Å². The molecule has 0 spiro atoms. The lowest BCUT2D eigenvalue weighted by Crippen LogP contribution is -2.60. The Morgan fingerprint density at radius 1 is 1.32 bits per heavy atom. The van der Waals surface area contributed by atoms with E-state index >= 15 is 0 Å². The van der Waals surface area contributed by atoms with Gasteiger partial charge in [-0.1, -0.05) is 13.8 Å². The molecule has 2 atom stereocenters. The second kappa shape index (κ2) is 6.89. The van der Waals surface area contributed by atoms with E-state index in [-0.39, 0.29) is 30.4 Å². The van der Waals surface area contributed by atoms with Crippen LogP contribution in [0, 0.1) is 5.92 Å². The van der Waals surface area contributed by atoms with E-state index in [1.54, 1.807) is 4.90 Å². The Kier molecular flexibility index (Phi) is 5.79. The first-order chi connectivity index (χ1) is 8.81. The molecule has 19 heavy (non-hydrogen) atoms. The van der Waals surface area contributed by atoms with E-state index in [4.69, 9.17) is 0 Å². The molecular weight excluding hydrogens is 242 g/mol. The van der Waals surface area contributed by atoms with Gasteiger partial charge in [-0.15, -0.1) is 0 Å². The van der Waals surface area contributed by atoms with Gasteiger partial charge in [-0.25, -0.2) is 0 Å². The lowest BCUT2D eigenvalue weighted by molar-refractivity contribution is -0.146. The highest BCUT2D eigenvalue weighted by molar-refractivity contribution is 5.95. The van der Waals surface area contributed by atoms with Crippen molar-refractivity contribution >= 4 is 11.8 Å². The Balaban J connectivity index is 2.65. The summed E-state index contributed by atoms with van der Waals surface area (Å²) in [5.74, 6) is 0.424. The quantitative estimate of drug-likeness (QED) is 0.772. The second-order valence-corrected chi connectivity index (χ2v) is 6.16.